The van der Waals surface area contributed by atoms with Crippen LogP contribution in [0.2, 0.25) is 0 Å². The van der Waals surface area contributed by atoms with Crippen LogP contribution in [0.5, 0.6) is 0 Å². The Labute approximate surface area is 123 Å². The highest BCUT2D eigenvalue weighted by Crippen LogP contribution is 2.17. The highest BCUT2D eigenvalue weighted by atomic mass is 79.9. The number of pyridine rings is 1. The van der Waals surface area contributed by atoms with Crippen LogP contribution in [0.3, 0.4) is 0 Å². The molecule has 1 aromatic heterocycles. The van der Waals surface area contributed by atoms with E-state index in [2.05, 4.69) is 31.9 Å². The van der Waals surface area contributed by atoms with Gasteiger partial charge in [-0.15, -0.1) is 0 Å². The lowest BCUT2D eigenvalue weighted by Crippen LogP contribution is -2.21. The maximum absolute atomic E-state index is 12.2. The summed E-state index contributed by atoms with van der Waals surface area (Å²) in [4.78, 5) is 12.2. The molecule has 0 saturated carbocycles. The van der Waals surface area contributed by atoms with E-state index in [1.807, 2.05) is 34.9 Å². The molecule has 0 spiro atoms. The lowest BCUT2D eigenvalue weighted by atomic mass is 10.2. The van der Waals surface area contributed by atoms with Gasteiger partial charge in [0, 0.05) is 11.9 Å². The van der Waals surface area contributed by atoms with E-state index < -0.39 is 0 Å². The molecule has 1 aromatic carbocycles. The van der Waals surface area contributed by atoms with Gasteiger partial charge in [0.1, 0.15) is 0 Å². The predicted molar refractivity (Wildman–Crippen MR) is 83.6 cm³/mol. The molecular formula is C14H15Br2NO. The number of aryl methyl sites for hydroxylation is 1. The van der Waals surface area contributed by atoms with Gasteiger partial charge in [-0.25, -0.2) is 0 Å². The highest BCUT2D eigenvalue weighted by Gasteiger charge is 2.06. The first-order valence-electron chi connectivity index (χ1n) is 6.08. The number of hydrogen-bond donors (Lipinski definition) is 0. The van der Waals surface area contributed by atoms with Crippen LogP contribution in [-0.4, -0.2) is 9.90 Å². The zero-order valence-electron chi connectivity index (χ0n) is 10.0. The van der Waals surface area contributed by atoms with Gasteiger partial charge < -0.3 is 4.57 Å². The first-order chi connectivity index (χ1) is 8.74. The SMILES string of the molecule is O=c1c(Br)cc2ccccc2n1CCCCCBr. The molecule has 0 N–H and O–H groups in total. The Morgan fingerprint density at radius 2 is 1.89 bits per heavy atom. The fraction of sp³-hybridized carbons (Fsp3) is 0.357. The molecule has 0 radical (unpaired) electrons. The molecule has 0 bridgehead atoms. The average molecular weight is 373 g/mol. The fourth-order valence-electron chi connectivity index (χ4n) is 2.06. The van der Waals surface area contributed by atoms with Crippen LogP contribution in [-0.2, 0) is 6.54 Å². The standard InChI is InChI=1S/C14H15Br2NO/c15-8-4-1-5-9-17-13-7-3-2-6-11(13)10-12(16)14(17)18/h2-3,6-7,10H,1,4-5,8-9H2. The first-order valence-corrected chi connectivity index (χ1v) is 7.99. The van der Waals surface area contributed by atoms with Gasteiger partial charge in [0.15, 0.2) is 0 Å². The Morgan fingerprint density at radius 3 is 2.67 bits per heavy atom. The van der Waals surface area contributed by atoms with Crippen LogP contribution in [0, 0.1) is 0 Å². The van der Waals surface area contributed by atoms with E-state index >= 15 is 0 Å². The molecule has 0 aliphatic rings. The predicted octanol–water partition coefficient (Wildman–Crippen LogP) is 4.33. The molecule has 0 unspecified atom stereocenters. The summed E-state index contributed by atoms with van der Waals surface area (Å²) >= 11 is 6.77. The van der Waals surface area contributed by atoms with Gasteiger partial charge in [-0.3, -0.25) is 4.79 Å². The minimum absolute atomic E-state index is 0.0625. The Bertz CT molecular complexity index is 592. The molecule has 2 rings (SSSR count). The summed E-state index contributed by atoms with van der Waals surface area (Å²) in [5.74, 6) is 0. The van der Waals surface area contributed by atoms with E-state index in [9.17, 15) is 4.79 Å². The Balaban J connectivity index is 2.35. The monoisotopic (exact) mass is 371 g/mol. The number of nitrogens with zero attached hydrogens (tertiary/aromatic N) is 1. The molecule has 0 atom stereocenters. The molecule has 2 aromatic rings. The topological polar surface area (TPSA) is 22.0 Å². The second-order valence-electron chi connectivity index (χ2n) is 4.26. The zero-order valence-corrected chi connectivity index (χ0v) is 13.2. The normalized spacial score (nSPS) is 11.0. The van der Waals surface area contributed by atoms with E-state index in [0.29, 0.717) is 4.47 Å². The van der Waals surface area contributed by atoms with Crippen molar-refractivity contribution in [3.05, 3.63) is 45.2 Å². The molecule has 0 aliphatic carbocycles. The van der Waals surface area contributed by atoms with Gasteiger partial charge in [-0.2, -0.15) is 0 Å². The lowest BCUT2D eigenvalue weighted by Gasteiger charge is -2.10. The molecule has 0 saturated heterocycles. The number of aromatic nitrogens is 1. The highest BCUT2D eigenvalue weighted by molar-refractivity contribution is 9.10. The Hall–Kier alpha value is -0.610. The number of hydrogen-bond acceptors (Lipinski definition) is 1. The van der Waals surface area contributed by atoms with Crippen LogP contribution >= 0.6 is 31.9 Å². The second kappa shape index (κ2) is 6.53. The maximum Gasteiger partial charge on any atom is 0.265 e. The Kier molecular flexibility index (Phi) is 5.01. The Morgan fingerprint density at radius 1 is 1.11 bits per heavy atom. The van der Waals surface area contributed by atoms with Crippen LogP contribution in [0.15, 0.2) is 39.6 Å². The second-order valence-corrected chi connectivity index (χ2v) is 5.90. The van der Waals surface area contributed by atoms with Crippen molar-refractivity contribution in [1.29, 1.82) is 0 Å². The van der Waals surface area contributed by atoms with Crippen molar-refractivity contribution in [2.24, 2.45) is 0 Å². The number of benzene rings is 1. The lowest BCUT2D eigenvalue weighted by molar-refractivity contribution is 0.604. The van der Waals surface area contributed by atoms with Crippen molar-refractivity contribution in [3.63, 3.8) is 0 Å². The summed E-state index contributed by atoms with van der Waals surface area (Å²) in [6.45, 7) is 0.784. The van der Waals surface area contributed by atoms with Crippen molar-refractivity contribution >= 4 is 42.8 Å². The van der Waals surface area contributed by atoms with E-state index in [0.717, 1.165) is 42.0 Å². The number of para-hydroxylation sites is 1. The minimum Gasteiger partial charge on any atom is -0.307 e. The largest absolute Gasteiger partial charge is 0.307 e. The zero-order chi connectivity index (χ0) is 13.0. The number of fused-ring (bicyclic) bond motifs is 1. The molecule has 2 nitrogen and oxygen atoms in total. The number of alkyl halides is 1. The minimum atomic E-state index is 0.0625. The summed E-state index contributed by atoms with van der Waals surface area (Å²) in [7, 11) is 0. The third-order valence-corrected chi connectivity index (χ3v) is 4.10. The number of unbranched alkanes of at least 4 members (excludes halogenated alkanes) is 2. The van der Waals surface area contributed by atoms with Crippen molar-refractivity contribution < 1.29 is 0 Å². The molecule has 18 heavy (non-hydrogen) atoms. The maximum atomic E-state index is 12.2. The van der Waals surface area contributed by atoms with Gasteiger partial charge in [0.2, 0.25) is 0 Å². The molecule has 0 fully saturated rings. The summed E-state index contributed by atoms with van der Waals surface area (Å²) in [6, 6.07) is 9.91. The van der Waals surface area contributed by atoms with Crippen molar-refractivity contribution in [3.8, 4) is 0 Å². The summed E-state index contributed by atoms with van der Waals surface area (Å²) < 4.78 is 2.51. The van der Waals surface area contributed by atoms with E-state index in [4.69, 9.17) is 0 Å². The molecule has 4 heteroatoms. The average Bonchev–Trinajstić information content (AvgIpc) is 2.38. The molecular weight excluding hydrogens is 358 g/mol. The van der Waals surface area contributed by atoms with Crippen molar-refractivity contribution in [2.75, 3.05) is 5.33 Å². The van der Waals surface area contributed by atoms with Crippen LogP contribution in [0.25, 0.3) is 10.9 Å². The van der Waals surface area contributed by atoms with E-state index in [1.165, 1.54) is 0 Å². The van der Waals surface area contributed by atoms with Crippen LogP contribution in [0.4, 0.5) is 0 Å². The first kappa shape index (κ1) is 13.8. The van der Waals surface area contributed by atoms with E-state index in [-0.39, 0.29) is 5.56 Å². The fourth-order valence-corrected chi connectivity index (χ4v) is 2.91. The van der Waals surface area contributed by atoms with Crippen molar-refractivity contribution in [1.82, 2.24) is 4.57 Å². The quantitative estimate of drug-likeness (QED) is 0.565. The molecule has 0 amide bonds. The van der Waals surface area contributed by atoms with E-state index in [1.54, 1.807) is 0 Å². The number of halogens is 2. The van der Waals surface area contributed by atoms with Gasteiger partial charge >= 0.3 is 0 Å². The van der Waals surface area contributed by atoms with Gasteiger partial charge in [-0.05, 0) is 46.3 Å². The summed E-state index contributed by atoms with van der Waals surface area (Å²) in [5.41, 5.74) is 1.08. The number of rotatable bonds is 5. The molecule has 1 heterocycles. The van der Waals surface area contributed by atoms with Gasteiger partial charge in [0.25, 0.3) is 5.56 Å². The van der Waals surface area contributed by atoms with Crippen LogP contribution in [0.1, 0.15) is 19.3 Å². The summed E-state index contributed by atoms with van der Waals surface area (Å²) in [5, 5.41) is 2.13. The third kappa shape index (κ3) is 3.04. The van der Waals surface area contributed by atoms with Gasteiger partial charge in [0.05, 0.1) is 9.99 Å². The molecule has 0 aliphatic heterocycles. The van der Waals surface area contributed by atoms with Crippen LogP contribution < -0.4 is 5.56 Å². The smallest absolute Gasteiger partial charge is 0.265 e. The summed E-state index contributed by atoms with van der Waals surface area (Å²) in [6.07, 6.45) is 3.32. The molecule has 96 valence electrons. The van der Waals surface area contributed by atoms with Gasteiger partial charge in [-0.1, -0.05) is 40.5 Å². The third-order valence-electron chi connectivity index (χ3n) is 2.97. The van der Waals surface area contributed by atoms with Crippen molar-refractivity contribution in [2.45, 2.75) is 25.8 Å².